The van der Waals surface area contributed by atoms with Crippen LogP contribution in [-0.4, -0.2) is 7.11 Å². The van der Waals surface area contributed by atoms with Crippen molar-refractivity contribution in [1.82, 2.24) is 0 Å². The van der Waals surface area contributed by atoms with Crippen LogP contribution in [0.2, 0.25) is 0 Å². The van der Waals surface area contributed by atoms with Crippen molar-refractivity contribution >= 4 is 28.7 Å². The molecule has 0 saturated carbocycles. The van der Waals surface area contributed by atoms with Crippen LogP contribution in [0.15, 0.2) is 24.8 Å². The Bertz CT molecular complexity index is 268. The maximum absolute atomic E-state index is 5.12. The number of hydrogen-bond donors (Lipinski definition) is 0. The summed E-state index contributed by atoms with van der Waals surface area (Å²) in [5.41, 5.74) is 1.04. The van der Waals surface area contributed by atoms with Crippen LogP contribution in [0.5, 0.6) is 5.75 Å². The minimum absolute atomic E-state index is 0.875. The first-order valence-corrected chi connectivity index (χ1v) is 4.32. The van der Waals surface area contributed by atoms with Crippen LogP contribution in [0.4, 0.5) is 0 Å². The van der Waals surface area contributed by atoms with Gasteiger partial charge in [-0.15, -0.1) is 0 Å². The van der Waals surface area contributed by atoms with E-state index in [0.29, 0.717) is 0 Å². The van der Waals surface area contributed by atoms with Crippen LogP contribution in [0.1, 0.15) is 5.56 Å². The van der Waals surface area contributed by atoms with Crippen molar-refractivity contribution in [2.45, 2.75) is 0 Å². The van der Waals surface area contributed by atoms with Crippen molar-refractivity contribution in [3.05, 3.63) is 33.9 Å². The molecule has 0 aliphatic rings. The van der Waals surface area contributed by atoms with Gasteiger partial charge in [-0.05, 0) is 40.8 Å². The predicted molar refractivity (Wildman–Crippen MR) is 55.8 cm³/mol. The zero-order valence-electron chi connectivity index (χ0n) is 6.30. The summed E-state index contributed by atoms with van der Waals surface area (Å²) in [6.45, 7) is 3.70. The third kappa shape index (κ3) is 1.96. The van der Waals surface area contributed by atoms with Crippen molar-refractivity contribution in [2.75, 3.05) is 7.11 Å². The van der Waals surface area contributed by atoms with Gasteiger partial charge in [0.2, 0.25) is 0 Å². The van der Waals surface area contributed by atoms with E-state index in [1.54, 1.807) is 13.2 Å². The molecule has 2 heteroatoms. The molecular weight excluding hydrogens is 251 g/mol. The fraction of sp³-hybridized carbons (Fsp3) is 0.111. The molecule has 0 saturated heterocycles. The average Bonchev–Trinajstić information content (AvgIpc) is 2.04. The van der Waals surface area contributed by atoms with Crippen molar-refractivity contribution in [3.8, 4) is 5.75 Å². The van der Waals surface area contributed by atoms with Gasteiger partial charge in [0.1, 0.15) is 5.75 Å². The third-order valence-electron chi connectivity index (χ3n) is 1.41. The summed E-state index contributed by atoms with van der Waals surface area (Å²) >= 11 is 2.26. The average molecular weight is 260 g/mol. The first-order valence-electron chi connectivity index (χ1n) is 3.24. The van der Waals surface area contributed by atoms with E-state index in [1.165, 1.54) is 3.57 Å². The quantitative estimate of drug-likeness (QED) is 0.743. The van der Waals surface area contributed by atoms with E-state index in [1.807, 2.05) is 18.2 Å². The largest absolute Gasteiger partial charge is 0.496 e. The number of benzene rings is 1. The lowest BCUT2D eigenvalue weighted by molar-refractivity contribution is 0.414. The Morgan fingerprint density at radius 1 is 1.55 bits per heavy atom. The molecule has 0 amide bonds. The molecule has 0 aliphatic carbocycles. The van der Waals surface area contributed by atoms with Crippen LogP contribution in [0, 0.1) is 3.57 Å². The zero-order chi connectivity index (χ0) is 8.27. The SMILES string of the molecule is C=Cc1cc(I)ccc1OC. The normalized spacial score (nSPS) is 9.27. The van der Waals surface area contributed by atoms with Gasteiger partial charge in [0.15, 0.2) is 0 Å². The topological polar surface area (TPSA) is 9.23 Å². The molecule has 0 aliphatic heterocycles. The van der Waals surface area contributed by atoms with E-state index in [9.17, 15) is 0 Å². The maximum atomic E-state index is 5.12. The molecule has 0 unspecified atom stereocenters. The molecule has 0 N–H and O–H groups in total. The van der Waals surface area contributed by atoms with Crippen LogP contribution in [0.25, 0.3) is 6.08 Å². The molecular formula is C9H9IO. The predicted octanol–water partition coefficient (Wildman–Crippen LogP) is 2.94. The Balaban J connectivity index is 3.16. The molecule has 11 heavy (non-hydrogen) atoms. The second kappa shape index (κ2) is 3.76. The van der Waals surface area contributed by atoms with Crippen LogP contribution in [-0.2, 0) is 0 Å². The summed E-state index contributed by atoms with van der Waals surface area (Å²) in [7, 11) is 1.66. The van der Waals surface area contributed by atoms with Gasteiger partial charge < -0.3 is 4.74 Å². The minimum Gasteiger partial charge on any atom is -0.496 e. The van der Waals surface area contributed by atoms with Crippen molar-refractivity contribution in [1.29, 1.82) is 0 Å². The lowest BCUT2D eigenvalue weighted by Gasteiger charge is -2.03. The molecule has 0 aromatic heterocycles. The van der Waals surface area contributed by atoms with E-state index in [0.717, 1.165) is 11.3 Å². The minimum atomic E-state index is 0.875. The van der Waals surface area contributed by atoms with Gasteiger partial charge in [0.25, 0.3) is 0 Å². The van der Waals surface area contributed by atoms with Gasteiger partial charge in [-0.2, -0.15) is 0 Å². The highest BCUT2D eigenvalue weighted by Gasteiger charge is 1.97. The Labute approximate surface area is 80.2 Å². The molecule has 0 bridgehead atoms. The number of rotatable bonds is 2. The van der Waals surface area contributed by atoms with Gasteiger partial charge in [0, 0.05) is 9.13 Å². The summed E-state index contributed by atoms with van der Waals surface area (Å²) < 4.78 is 6.31. The monoisotopic (exact) mass is 260 g/mol. The summed E-state index contributed by atoms with van der Waals surface area (Å²) in [5.74, 6) is 0.875. The number of halogens is 1. The van der Waals surface area contributed by atoms with Gasteiger partial charge in [0.05, 0.1) is 7.11 Å². The number of methoxy groups -OCH3 is 1. The molecule has 1 aromatic rings. The van der Waals surface area contributed by atoms with Crippen LogP contribution < -0.4 is 4.74 Å². The molecule has 0 fully saturated rings. The lowest BCUT2D eigenvalue weighted by atomic mass is 10.2. The zero-order valence-corrected chi connectivity index (χ0v) is 8.46. The molecule has 0 heterocycles. The summed E-state index contributed by atoms with van der Waals surface area (Å²) in [5, 5.41) is 0. The molecule has 0 radical (unpaired) electrons. The van der Waals surface area contributed by atoms with Crippen LogP contribution >= 0.6 is 22.6 Å². The van der Waals surface area contributed by atoms with E-state index in [-0.39, 0.29) is 0 Å². The Kier molecular flexibility index (Phi) is 2.93. The van der Waals surface area contributed by atoms with Crippen molar-refractivity contribution < 1.29 is 4.74 Å². The molecule has 1 rings (SSSR count). The highest BCUT2D eigenvalue weighted by molar-refractivity contribution is 14.1. The summed E-state index contributed by atoms with van der Waals surface area (Å²) in [6.07, 6.45) is 1.79. The van der Waals surface area contributed by atoms with E-state index in [4.69, 9.17) is 4.74 Å². The molecule has 1 nitrogen and oxygen atoms in total. The van der Waals surface area contributed by atoms with E-state index in [2.05, 4.69) is 29.2 Å². The lowest BCUT2D eigenvalue weighted by Crippen LogP contribution is -1.86. The summed E-state index contributed by atoms with van der Waals surface area (Å²) in [4.78, 5) is 0. The van der Waals surface area contributed by atoms with Crippen LogP contribution in [0.3, 0.4) is 0 Å². The second-order valence-electron chi connectivity index (χ2n) is 2.09. The fourth-order valence-electron chi connectivity index (χ4n) is 0.865. The molecule has 1 aromatic carbocycles. The van der Waals surface area contributed by atoms with E-state index < -0.39 is 0 Å². The maximum Gasteiger partial charge on any atom is 0.126 e. The first-order chi connectivity index (χ1) is 5.27. The fourth-order valence-corrected chi connectivity index (χ4v) is 1.38. The summed E-state index contributed by atoms with van der Waals surface area (Å²) in [6, 6.07) is 5.98. The van der Waals surface area contributed by atoms with E-state index >= 15 is 0 Å². The highest BCUT2D eigenvalue weighted by atomic mass is 127. The molecule has 0 atom stereocenters. The Morgan fingerprint density at radius 2 is 2.27 bits per heavy atom. The molecule has 0 spiro atoms. The highest BCUT2D eigenvalue weighted by Crippen LogP contribution is 2.21. The Morgan fingerprint density at radius 3 is 2.82 bits per heavy atom. The number of ether oxygens (including phenoxy) is 1. The smallest absolute Gasteiger partial charge is 0.126 e. The van der Waals surface area contributed by atoms with Crippen molar-refractivity contribution in [3.63, 3.8) is 0 Å². The van der Waals surface area contributed by atoms with Gasteiger partial charge in [-0.25, -0.2) is 0 Å². The second-order valence-corrected chi connectivity index (χ2v) is 3.34. The van der Waals surface area contributed by atoms with Gasteiger partial charge in [-0.3, -0.25) is 0 Å². The Hall–Kier alpha value is -0.510. The van der Waals surface area contributed by atoms with Crippen molar-refractivity contribution in [2.24, 2.45) is 0 Å². The first kappa shape index (κ1) is 8.59. The number of hydrogen-bond acceptors (Lipinski definition) is 1. The standard InChI is InChI=1S/C9H9IO/c1-3-7-6-8(10)4-5-9(7)11-2/h3-6H,1H2,2H3. The molecule has 58 valence electrons. The third-order valence-corrected chi connectivity index (χ3v) is 2.08. The van der Waals surface area contributed by atoms with Gasteiger partial charge in [-0.1, -0.05) is 12.7 Å². The van der Waals surface area contributed by atoms with Gasteiger partial charge >= 0.3 is 0 Å².